The second-order valence-corrected chi connectivity index (χ2v) is 5.20. The Morgan fingerprint density at radius 1 is 1.65 bits per heavy atom. The minimum Gasteiger partial charge on any atom is -0.445 e. The van der Waals surface area contributed by atoms with Crippen LogP contribution in [0.4, 0.5) is 0 Å². The van der Waals surface area contributed by atoms with E-state index in [1.54, 1.807) is 6.20 Å². The number of hydrogen-bond acceptors (Lipinski definition) is 4. The lowest BCUT2D eigenvalue weighted by Crippen LogP contribution is -2.42. The third-order valence-electron chi connectivity index (χ3n) is 3.61. The van der Waals surface area contributed by atoms with Crippen molar-refractivity contribution in [2.45, 2.75) is 39.3 Å². The van der Waals surface area contributed by atoms with Crippen LogP contribution >= 0.6 is 0 Å². The Kier molecular flexibility index (Phi) is 4.18. The zero-order valence-electron chi connectivity index (χ0n) is 11.1. The minimum absolute atomic E-state index is 0.518. The SMILES string of the molecule is Cc1cnc(CNC(C)C2CCCN(C)C2)o1. The predicted molar refractivity (Wildman–Crippen MR) is 67.8 cm³/mol. The number of nitrogens with zero attached hydrogens (tertiary/aromatic N) is 2. The molecular formula is C13H23N3O. The lowest BCUT2D eigenvalue weighted by molar-refractivity contribution is 0.177. The van der Waals surface area contributed by atoms with Gasteiger partial charge in [0.15, 0.2) is 0 Å². The van der Waals surface area contributed by atoms with E-state index in [4.69, 9.17) is 4.42 Å². The number of piperidine rings is 1. The Balaban J connectivity index is 1.78. The van der Waals surface area contributed by atoms with E-state index in [-0.39, 0.29) is 0 Å². The van der Waals surface area contributed by atoms with E-state index in [0.717, 1.165) is 24.1 Å². The van der Waals surface area contributed by atoms with Crippen LogP contribution in [0.1, 0.15) is 31.4 Å². The number of aromatic nitrogens is 1. The first-order valence-electron chi connectivity index (χ1n) is 6.48. The zero-order chi connectivity index (χ0) is 12.3. The lowest BCUT2D eigenvalue weighted by Gasteiger charge is -2.33. The molecule has 4 heteroatoms. The normalized spacial score (nSPS) is 23.8. The first-order valence-corrected chi connectivity index (χ1v) is 6.48. The Hall–Kier alpha value is -0.870. The molecule has 0 bridgehead atoms. The van der Waals surface area contributed by atoms with Crippen molar-refractivity contribution in [1.29, 1.82) is 0 Å². The highest BCUT2D eigenvalue weighted by Crippen LogP contribution is 2.18. The van der Waals surface area contributed by atoms with Gasteiger partial charge in [0.1, 0.15) is 5.76 Å². The molecule has 1 fully saturated rings. The van der Waals surface area contributed by atoms with Crippen molar-refractivity contribution in [3.63, 3.8) is 0 Å². The van der Waals surface area contributed by atoms with Crippen molar-refractivity contribution in [3.05, 3.63) is 17.8 Å². The smallest absolute Gasteiger partial charge is 0.208 e. The maximum atomic E-state index is 5.46. The number of aryl methyl sites for hydroxylation is 1. The average Bonchev–Trinajstić information content (AvgIpc) is 2.72. The van der Waals surface area contributed by atoms with Crippen molar-refractivity contribution in [1.82, 2.24) is 15.2 Å². The number of nitrogens with one attached hydrogen (secondary N) is 1. The van der Waals surface area contributed by atoms with Gasteiger partial charge in [0, 0.05) is 12.6 Å². The number of rotatable bonds is 4. The molecule has 2 unspecified atom stereocenters. The molecule has 4 nitrogen and oxygen atoms in total. The molecule has 2 heterocycles. The standard InChI is InChI=1S/C13H23N3O/c1-10-7-15-13(17-10)8-14-11(2)12-5-4-6-16(3)9-12/h7,11-12,14H,4-6,8-9H2,1-3H3. The summed E-state index contributed by atoms with van der Waals surface area (Å²) in [6.07, 6.45) is 4.41. The second kappa shape index (κ2) is 5.65. The van der Waals surface area contributed by atoms with Crippen LogP contribution in [-0.4, -0.2) is 36.1 Å². The summed E-state index contributed by atoms with van der Waals surface area (Å²) in [5, 5.41) is 3.52. The van der Waals surface area contributed by atoms with Gasteiger partial charge in [-0.05, 0) is 46.2 Å². The second-order valence-electron chi connectivity index (χ2n) is 5.20. The van der Waals surface area contributed by atoms with Crippen molar-refractivity contribution >= 4 is 0 Å². The van der Waals surface area contributed by atoms with E-state index in [9.17, 15) is 0 Å². The maximum absolute atomic E-state index is 5.46. The van der Waals surface area contributed by atoms with E-state index in [1.807, 2.05) is 6.92 Å². The molecule has 2 atom stereocenters. The molecular weight excluding hydrogens is 214 g/mol. The van der Waals surface area contributed by atoms with Crippen molar-refractivity contribution in [3.8, 4) is 0 Å². The van der Waals surface area contributed by atoms with Crippen LogP contribution in [0, 0.1) is 12.8 Å². The van der Waals surface area contributed by atoms with Crippen LogP contribution in [0.15, 0.2) is 10.6 Å². The van der Waals surface area contributed by atoms with Gasteiger partial charge >= 0.3 is 0 Å². The molecule has 0 aromatic carbocycles. The highest BCUT2D eigenvalue weighted by Gasteiger charge is 2.22. The van der Waals surface area contributed by atoms with Crippen LogP contribution in [-0.2, 0) is 6.54 Å². The molecule has 1 N–H and O–H groups in total. The first-order chi connectivity index (χ1) is 8.15. The van der Waals surface area contributed by atoms with Gasteiger partial charge < -0.3 is 14.6 Å². The third-order valence-corrected chi connectivity index (χ3v) is 3.61. The molecule has 1 aliphatic rings. The first kappa shape index (κ1) is 12.6. The van der Waals surface area contributed by atoms with Crippen molar-refractivity contribution < 1.29 is 4.42 Å². The summed E-state index contributed by atoms with van der Waals surface area (Å²) in [5.74, 6) is 2.41. The predicted octanol–water partition coefficient (Wildman–Crippen LogP) is 1.80. The van der Waals surface area contributed by atoms with E-state index in [2.05, 4.69) is 29.2 Å². The Bertz CT molecular complexity index is 350. The van der Waals surface area contributed by atoms with Crippen molar-refractivity contribution in [2.24, 2.45) is 5.92 Å². The largest absolute Gasteiger partial charge is 0.445 e. The molecule has 1 aliphatic heterocycles. The van der Waals surface area contributed by atoms with Gasteiger partial charge in [-0.1, -0.05) is 0 Å². The van der Waals surface area contributed by atoms with Crippen LogP contribution < -0.4 is 5.32 Å². The van der Waals surface area contributed by atoms with E-state index in [0.29, 0.717) is 6.04 Å². The van der Waals surface area contributed by atoms with E-state index >= 15 is 0 Å². The summed E-state index contributed by atoms with van der Waals surface area (Å²) in [6.45, 7) is 7.35. The van der Waals surface area contributed by atoms with E-state index in [1.165, 1.54) is 25.9 Å². The molecule has 0 saturated carbocycles. The number of likely N-dealkylation sites (tertiary alicyclic amines) is 1. The van der Waals surface area contributed by atoms with Crippen LogP contribution in [0.3, 0.4) is 0 Å². The molecule has 0 radical (unpaired) electrons. The minimum atomic E-state index is 0.518. The van der Waals surface area contributed by atoms with Gasteiger partial charge in [-0.15, -0.1) is 0 Å². The molecule has 1 saturated heterocycles. The molecule has 1 aromatic rings. The molecule has 17 heavy (non-hydrogen) atoms. The van der Waals surface area contributed by atoms with E-state index < -0.39 is 0 Å². The maximum Gasteiger partial charge on any atom is 0.208 e. The summed E-state index contributed by atoms with van der Waals surface area (Å²) < 4.78 is 5.46. The summed E-state index contributed by atoms with van der Waals surface area (Å²) in [6, 6.07) is 0.518. The van der Waals surface area contributed by atoms with Crippen LogP contribution in [0.2, 0.25) is 0 Å². The zero-order valence-corrected chi connectivity index (χ0v) is 11.1. The highest BCUT2D eigenvalue weighted by atomic mass is 16.4. The molecule has 96 valence electrons. The fourth-order valence-corrected chi connectivity index (χ4v) is 2.51. The van der Waals surface area contributed by atoms with Crippen molar-refractivity contribution in [2.75, 3.05) is 20.1 Å². The van der Waals surface area contributed by atoms with Gasteiger partial charge in [-0.25, -0.2) is 4.98 Å². The average molecular weight is 237 g/mol. The third kappa shape index (κ3) is 3.54. The summed E-state index contributed by atoms with van der Waals surface area (Å²) in [5.41, 5.74) is 0. The van der Waals surface area contributed by atoms with Gasteiger partial charge in [-0.2, -0.15) is 0 Å². The fraction of sp³-hybridized carbons (Fsp3) is 0.769. The molecule has 0 aliphatic carbocycles. The number of hydrogen-bond donors (Lipinski definition) is 1. The Morgan fingerprint density at radius 3 is 3.12 bits per heavy atom. The Morgan fingerprint density at radius 2 is 2.47 bits per heavy atom. The Labute approximate surface area is 103 Å². The summed E-state index contributed by atoms with van der Waals surface area (Å²) in [7, 11) is 2.20. The topological polar surface area (TPSA) is 41.3 Å². The lowest BCUT2D eigenvalue weighted by atomic mass is 9.92. The fourth-order valence-electron chi connectivity index (χ4n) is 2.51. The van der Waals surface area contributed by atoms with Crippen LogP contribution in [0.5, 0.6) is 0 Å². The quantitative estimate of drug-likeness (QED) is 0.867. The monoisotopic (exact) mass is 237 g/mol. The van der Waals surface area contributed by atoms with Gasteiger partial charge in [0.2, 0.25) is 5.89 Å². The molecule has 0 spiro atoms. The highest BCUT2D eigenvalue weighted by molar-refractivity contribution is 4.91. The summed E-state index contributed by atoms with van der Waals surface area (Å²) >= 11 is 0. The van der Waals surface area contributed by atoms with Gasteiger partial charge in [0.05, 0.1) is 12.7 Å². The van der Waals surface area contributed by atoms with Gasteiger partial charge in [-0.3, -0.25) is 0 Å². The van der Waals surface area contributed by atoms with Gasteiger partial charge in [0.25, 0.3) is 0 Å². The number of oxazole rings is 1. The molecule has 1 aromatic heterocycles. The van der Waals surface area contributed by atoms with Crippen LogP contribution in [0.25, 0.3) is 0 Å². The summed E-state index contributed by atoms with van der Waals surface area (Å²) in [4.78, 5) is 6.63. The molecule has 0 amide bonds. The molecule has 2 rings (SSSR count).